The lowest BCUT2D eigenvalue weighted by molar-refractivity contribution is -0.131. The van der Waals surface area contributed by atoms with E-state index >= 15 is 0 Å². The third kappa shape index (κ3) is 6.73. The van der Waals surface area contributed by atoms with Crippen molar-refractivity contribution in [2.24, 2.45) is 10.8 Å². The van der Waals surface area contributed by atoms with E-state index in [0.29, 0.717) is 10.8 Å². The Labute approximate surface area is 221 Å². The molecule has 3 amide bonds. The zero-order chi connectivity index (χ0) is 26.8. The number of likely N-dealkylation sites (tertiary alicyclic amines) is 1. The average Bonchev–Trinajstić information content (AvgIpc) is 3.35. The van der Waals surface area contributed by atoms with Gasteiger partial charge in [0.25, 0.3) is 5.91 Å². The second kappa shape index (κ2) is 10.9. The molecule has 8 nitrogen and oxygen atoms in total. The lowest BCUT2D eigenvalue weighted by atomic mass is 9.65. The molecule has 4 rings (SSSR count). The van der Waals surface area contributed by atoms with E-state index in [9.17, 15) is 18.8 Å². The normalized spacial score (nSPS) is 22.1. The zero-order valence-corrected chi connectivity index (χ0v) is 22.7. The number of halogens is 1. The molecule has 2 bridgehead atoms. The number of ether oxygens (including phenoxy) is 1. The van der Waals surface area contributed by atoms with E-state index in [1.54, 1.807) is 5.38 Å². The van der Waals surface area contributed by atoms with Crippen molar-refractivity contribution in [1.82, 2.24) is 14.8 Å². The Bertz CT molecular complexity index is 1150. The standard InChI is InChI=1S/C27H35FN4O4S/c1-26(2)12-21-13-27(3,16-26)17-32(21)23(34)11-20-15-37-25(29-20)30-22(33)14-31(9-10-36-4)24(35)18-5-7-19(28)8-6-18/h5-8,15,21H,9-14,16-17H2,1-4H3,(H,29,30,33)/t21-,27+/m1/s1. The maximum atomic E-state index is 13.2. The first-order chi connectivity index (χ1) is 17.5. The summed E-state index contributed by atoms with van der Waals surface area (Å²) in [5, 5.41) is 4.89. The van der Waals surface area contributed by atoms with E-state index in [1.807, 2.05) is 4.90 Å². The number of methoxy groups -OCH3 is 1. The topological polar surface area (TPSA) is 91.8 Å². The molecule has 2 aromatic rings. The number of hydrogen-bond donors (Lipinski definition) is 1. The molecular formula is C27H35FN4O4S. The van der Waals surface area contributed by atoms with E-state index in [1.165, 1.54) is 47.6 Å². The third-order valence-electron chi connectivity index (χ3n) is 7.14. The maximum absolute atomic E-state index is 13.2. The van der Waals surface area contributed by atoms with Crippen molar-refractivity contribution >= 4 is 34.2 Å². The number of thiazole rings is 1. The van der Waals surface area contributed by atoms with Crippen LogP contribution in [0.25, 0.3) is 0 Å². The summed E-state index contributed by atoms with van der Waals surface area (Å²) < 4.78 is 18.3. The monoisotopic (exact) mass is 530 g/mol. The Morgan fingerprint density at radius 2 is 1.95 bits per heavy atom. The molecule has 1 aromatic carbocycles. The van der Waals surface area contributed by atoms with Crippen LogP contribution in [0.15, 0.2) is 29.6 Å². The molecule has 0 radical (unpaired) electrons. The Morgan fingerprint density at radius 1 is 1.22 bits per heavy atom. The van der Waals surface area contributed by atoms with Crippen LogP contribution in [-0.2, 0) is 20.7 Å². The van der Waals surface area contributed by atoms with Gasteiger partial charge in [-0.3, -0.25) is 14.4 Å². The Balaban J connectivity index is 1.34. The smallest absolute Gasteiger partial charge is 0.254 e. The Morgan fingerprint density at radius 3 is 2.65 bits per heavy atom. The molecule has 2 atom stereocenters. The number of nitrogens with one attached hydrogen (secondary N) is 1. The molecular weight excluding hydrogens is 495 g/mol. The zero-order valence-electron chi connectivity index (χ0n) is 21.9. The molecule has 2 aliphatic rings. The van der Waals surface area contributed by atoms with Gasteiger partial charge in [0.2, 0.25) is 11.8 Å². The average molecular weight is 531 g/mol. The second-order valence-corrected chi connectivity index (χ2v) is 12.2. The van der Waals surface area contributed by atoms with Crippen molar-refractivity contribution in [3.63, 3.8) is 0 Å². The van der Waals surface area contributed by atoms with Gasteiger partial charge >= 0.3 is 0 Å². The molecule has 1 N–H and O–H groups in total. The van der Waals surface area contributed by atoms with Gasteiger partial charge in [0.1, 0.15) is 12.4 Å². The van der Waals surface area contributed by atoms with Crippen LogP contribution in [-0.4, -0.2) is 71.9 Å². The molecule has 1 aromatic heterocycles. The summed E-state index contributed by atoms with van der Waals surface area (Å²) in [7, 11) is 1.51. The van der Waals surface area contributed by atoms with E-state index < -0.39 is 17.6 Å². The maximum Gasteiger partial charge on any atom is 0.254 e. The summed E-state index contributed by atoms with van der Waals surface area (Å²) >= 11 is 1.25. The summed E-state index contributed by atoms with van der Waals surface area (Å²) in [4.78, 5) is 46.5. The largest absolute Gasteiger partial charge is 0.383 e. The molecule has 1 saturated carbocycles. The van der Waals surface area contributed by atoms with Crippen molar-refractivity contribution in [1.29, 1.82) is 0 Å². The highest BCUT2D eigenvalue weighted by Crippen LogP contribution is 2.52. The molecule has 1 aliphatic heterocycles. The van der Waals surface area contributed by atoms with Crippen LogP contribution in [0, 0.1) is 16.6 Å². The molecule has 1 aliphatic carbocycles. The molecule has 0 unspecified atom stereocenters. The van der Waals surface area contributed by atoms with Gasteiger partial charge in [-0.15, -0.1) is 11.3 Å². The molecule has 200 valence electrons. The van der Waals surface area contributed by atoms with Crippen LogP contribution in [0.1, 0.15) is 56.1 Å². The number of amides is 3. The SMILES string of the molecule is COCCN(CC(=O)Nc1nc(CC(=O)N2C[C@@]3(C)C[C@H]2CC(C)(C)C3)cs1)C(=O)c1ccc(F)cc1. The number of hydrogen-bond acceptors (Lipinski definition) is 6. The van der Waals surface area contributed by atoms with Gasteiger partial charge in [-0.25, -0.2) is 9.37 Å². The number of anilines is 1. The van der Waals surface area contributed by atoms with E-state index in [4.69, 9.17) is 4.74 Å². The molecule has 37 heavy (non-hydrogen) atoms. The summed E-state index contributed by atoms with van der Waals surface area (Å²) in [5.74, 6) is -1.18. The van der Waals surface area contributed by atoms with Gasteiger partial charge in [-0.1, -0.05) is 20.8 Å². The van der Waals surface area contributed by atoms with E-state index in [2.05, 4.69) is 31.1 Å². The number of rotatable bonds is 9. The minimum atomic E-state index is -0.443. The van der Waals surface area contributed by atoms with Crippen molar-refractivity contribution < 1.29 is 23.5 Å². The van der Waals surface area contributed by atoms with E-state index in [-0.39, 0.29) is 54.5 Å². The second-order valence-electron chi connectivity index (χ2n) is 11.3. The highest BCUT2D eigenvalue weighted by Gasteiger charge is 2.50. The summed E-state index contributed by atoms with van der Waals surface area (Å²) in [6.07, 6.45) is 3.39. The van der Waals surface area contributed by atoms with Crippen LogP contribution in [0.3, 0.4) is 0 Å². The first-order valence-electron chi connectivity index (χ1n) is 12.5. The highest BCUT2D eigenvalue weighted by atomic mass is 32.1. The molecule has 2 fully saturated rings. The summed E-state index contributed by atoms with van der Waals surface area (Å²) in [5.41, 5.74) is 1.31. The molecule has 1 saturated heterocycles. The van der Waals surface area contributed by atoms with Crippen molar-refractivity contribution in [2.45, 2.75) is 52.5 Å². The van der Waals surface area contributed by atoms with Crippen molar-refractivity contribution in [3.8, 4) is 0 Å². The predicted octanol–water partition coefficient (Wildman–Crippen LogP) is 3.98. The number of fused-ring (bicyclic) bond motifs is 2. The predicted molar refractivity (Wildman–Crippen MR) is 140 cm³/mol. The van der Waals surface area contributed by atoms with Crippen LogP contribution in [0.4, 0.5) is 9.52 Å². The van der Waals surface area contributed by atoms with Gasteiger partial charge in [0, 0.05) is 37.2 Å². The first-order valence-corrected chi connectivity index (χ1v) is 13.4. The van der Waals surface area contributed by atoms with Crippen molar-refractivity contribution in [2.75, 3.05) is 38.7 Å². The fourth-order valence-corrected chi connectivity index (χ4v) is 6.74. The molecule has 10 heteroatoms. The Kier molecular flexibility index (Phi) is 7.99. The number of nitrogens with zero attached hydrogens (tertiary/aromatic N) is 3. The highest BCUT2D eigenvalue weighted by molar-refractivity contribution is 7.13. The Hall–Kier alpha value is -2.85. The lowest BCUT2D eigenvalue weighted by Crippen LogP contribution is -2.40. The van der Waals surface area contributed by atoms with Gasteiger partial charge in [-0.05, 0) is 54.4 Å². The molecule has 2 heterocycles. The van der Waals surface area contributed by atoms with Crippen LogP contribution < -0.4 is 5.32 Å². The number of carbonyl (C=O) groups is 3. The minimum Gasteiger partial charge on any atom is -0.383 e. The van der Waals surface area contributed by atoms with Crippen LogP contribution >= 0.6 is 11.3 Å². The van der Waals surface area contributed by atoms with Gasteiger partial charge in [0.05, 0.1) is 18.7 Å². The fraction of sp³-hybridized carbons (Fsp3) is 0.556. The molecule has 0 spiro atoms. The third-order valence-corrected chi connectivity index (χ3v) is 7.95. The van der Waals surface area contributed by atoms with Crippen LogP contribution in [0.5, 0.6) is 0 Å². The van der Waals surface area contributed by atoms with E-state index in [0.717, 1.165) is 25.8 Å². The first kappa shape index (κ1) is 27.2. The lowest BCUT2D eigenvalue weighted by Gasteiger charge is -2.39. The summed E-state index contributed by atoms with van der Waals surface area (Å²) in [6.45, 7) is 7.86. The summed E-state index contributed by atoms with van der Waals surface area (Å²) in [6, 6.07) is 5.45. The quantitative estimate of drug-likeness (QED) is 0.530. The number of carbonyl (C=O) groups excluding carboxylic acids is 3. The number of benzene rings is 1. The van der Waals surface area contributed by atoms with Gasteiger partial charge in [-0.2, -0.15) is 0 Å². The van der Waals surface area contributed by atoms with Crippen molar-refractivity contribution in [3.05, 3.63) is 46.7 Å². The fourth-order valence-electron chi connectivity index (χ4n) is 6.01. The minimum absolute atomic E-state index is 0.0743. The van der Waals surface area contributed by atoms with Crippen LogP contribution in [0.2, 0.25) is 0 Å². The van der Waals surface area contributed by atoms with Gasteiger partial charge < -0.3 is 19.9 Å². The van der Waals surface area contributed by atoms with Gasteiger partial charge in [0.15, 0.2) is 5.13 Å². The number of aromatic nitrogens is 1.